The molecule has 3 aromatic rings. The maximum absolute atomic E-state index is 12.8. The second-order valence-electron chi connectivity index (χ2n) is 6.84. The quantitative estimate of drug-likeness (QED) is 0.440. The van der Waals surface area contributed by atoms with Gasteiger partial charge in [-0.1, -0.05) is 18.2 Å². The van der Waals surface area contributed by atoms with E-state index in [4.69, 9.17) is 18.9 Å². The molecule has 2 amide bonds. The zero-order chi connectivity index (χ0) is 24.5. The molecule has 0 bridgehead atoms. The van der Waals surface area contributed by atoms with Crippen LogP contribution in [0.15, 0.2) is 48.7 Å². The van der Waals surface area contributed by atoms with E-state index in [9.17, 15) is 9.59 Å². The molecule has 0 aliphatic rings. The van der Waals surface area contributed by atoms with Crippen molar-refractivity contribution in [3.8, 4) is 28.7 Å². The minimum atomic E-state index is -0.638. The fraction of sp³-hybridized carbons (Fsp3) is 0.292. The number of amides is 2. The number of carbonyl (C=O) groups excluding carboxylic acids is 2. The second-order valence-corrected chi connectivity index (χ2v) is 6.84. The molecular formula is C24H28N4O6. The molecule has 0 atom stereocenters. The van der Waals surface area contributed by atoms with Crippen molar-refractivity contribution < 1.29 is 28.5 Å². The fourth-order valence-electron chi connectivity index (χ4n) is 3.14. The summed E-state index contributed by atoms with van der Waals surface area (Å²) in [6.45, 7) is 6.64. The van der Waals surface area contributed by atoms with Crippen LogP contribution in [0.3, 0.4) is 0 Å². The Morgan fingerprint density at radius 1 is 0.853 bits per heavy atom. The van der Waals surface area contributed by atoms with Crippen molar-refractivity contribution >= 4 is 11.8 Å². The molecule has 1 heterocycles. The van der Waals surface area contributed by atoms with Gasteiger partial charge in [-0.3, -0.25) is 20.4 Å². The summed E-state index contributed by atoms with van der Waals surface area (Å²) in [5, 5.41) is 4.28. The Balaban J connectivity index is 1.79. The predicted octanol–water partition coefficient (Wildman–Crippen LogP) is 3.15. The summed E-state index contributed by atoms with van der Waals surface area (Å²) in [7, 11) is 1.44. The number of nitrogens with one attached hydrogen (secondary N) is 2. The SMILES string of the molecule is CCOc1cc(C(=O)NNC(=O)c2nn(-c3ccccc3)cc2OC)cc(OCC)c1OCC. The molecule has 2 N–H and O–H groups in total. The third kappa shape index (κ3) is 5.58. The first kappa shape index (κ1) is 24.4. The van der Waals surface area contributed by atoms with E-state index < -0.39 is 11.8 Å². The van der Waals surface area contributed by atoms with E-state index in [0.29, 0.717) is 37.1 Å². The molecule has 2 aromatic carbocycles. The number of para-hydroxylation sites is 1. The van der Waals surface area contributed by atoms with Crippen LogP contribution in [0, 0.1) is 0 Å². The maximum atomic E-state index is 12.8. The number of carbonyl (C=O) groups is 2. The minimum absolute atomic E-state index is 0.0170. The van der Waals surface area contributed by atoms with Crippen LogP contribution in [-0.2, 0) is 0 Å². The van der Waals surface area contributed by atoms with Crippen LogP contribution >= 0.6 is 0 Å². The Hall–Kier alpha value is -4.21. The van der Waals surface area contributed by atoms with E-state index in [-0.39, 0.29) is 17.0 Å². The number of hydrazine groups is 1. The normalized spacial score (nSPS) is 10.4. The molecule has 0 aliphatic carbocycles. The van der Waals surface area contributed by atoms with Crippen molar-refractivity contribution in [1.82, 2.24) is 20.6 Å². The smallest absolute Gasteiger partial charge is 0.294 e. The van der Waals surface area contributed by atoms with Crippen molar-refractivity contribution in [2.45, 2.75) is 20.8 Å². The van der Waals surface area contributed by atoms with E-state index in [1.165, 1.54) is 23.9 Å². The van der Waals surface area contributed by atoms with E-state index in [1.807, 2.05) is 51.1 Å². The molecule has 0 unspecified atom stereocenters. The van der Waals surface area contributed by atoms with Crippen molar-refractivity contribution in [3.05, 3.63) is 59.9 Å². The Kier molecular flexibility index (Phi) is 8.33. The van der Waals surface area contributed by atoms with Gasteiger partial charge >= 0.3 is 0 Å². The highest BCUT2D eigenvalue weighted by molar-refractivity contribution is 6.00. The monoisotopic (exact) mass is 468 g/mol. The summed E-state index contributed by atoms with van der Waals surface area (Å²) in [5.74, 6) is 0.211. The molecule has 0 aliphatic heterocycles. The molecule has 34 heavy (non-hydrogen) atoms. The molecule has 0 spiro atoms. The van der Waals surface area contributed by atoms with Crippen LogP contribution in [0.2, 0.25) is 0 Å². The molecule has 0 saturated heterocycles. The van der Waals surface area contributed by atoms with Crippen molar-refractivity contribution in [3.63, 3.8) is 0 Å². The molecule has 0 radical (unpaired) electrons. The minimum Gasteiger partial charge on any atom is -0.493 e. The summed E-state index contributed by atoms with van der Waals surface area (Å²) in [6, 6.07) is 12.3. The molecule has 0 saturated carbocycles. The lowest BCUT2D eigenvalue weighted by Gasteiger charge is -2.17. The van der Waals surface area contributed by atoms with Crippen LogP contribution in [0.25, 0.3) is 5.69 Å². The zero-order valence-electron chi connectivity index (χ0n) is 19.6. The van der Waals surface area contributed by atoms with E-state index in [1.54, 1.807) is 6.20 Å². The summed E-state index contributed by atoms with van der Waals surface area (Å²) < 4.78 is 23.7. The molecular weight excluding hydrogens is 440 g/mol. The maximum Gasteiger partial charge on any atom is 0.294 e. The van der Waals surface area contributed by atoms with Gasteiger partial charge in [0.05, 0.1) is 38.8 Å². The van der Waals surface area contributed by atoms with E-state index in [0.717, 1.165) is 5.69 Å². The second kappa shape index (κ2) is 11.6. The highest BCUT2D eigenvalue weighted by atomic mass is 16.5. The first-order valence-corrected chi connectivity index (χ1v) is 10.9. The number of rotatable bonds is 10. The van der Waals surface area contributed by atoms with Gasteiger partial charge in [0.2, 0.25) is 5.75 Å². The summed E-state index contributed by atoms with van der Waals surface area (Å²) >= 11 is 0. The Morgan fingerprint density at radius 3 is 2.00 bits per heavy atom. The third-order valence-corrected chi connectivity index (χ3v) is 4.60. The zero-order valence-corrected chi connectivity index (χ0v) is 19.6. The number of hydrogen-bond donors (Lipinski definition) is 2. The van der Waals surface area contributed by atoms with Crippen LogP contribution < -0.4 is 29.8 Å². The molecule has 180 valence electrons. The highest BCUT2D eigenvalue weighted by Gasteiger charge is 2.21. The lowest BCUT2D eigenvalue weighted by Crippen LogP contribution is -2.42. The number of nitrogens with zero attached hydrogens (tertiary/aromatic N) is 2. The number of methoxy groups -OCH3 is 1. The molecule has 10 heteroatoms. The van der Waals surface area contributed by atoms with Gasteiger partial charge in [-0.15, -0.1) is 0 Å². The number of ether oxygens (including phenoxy) is 4. The summed E-state index contributed by atoms with van der Waals surface area (Å²) in [5.41, 5.74) is 5.76. The summed E-state index contributed by atoms with van der Waals surface area (Å²) in [6.07, 6.45) is 1.58. The van der Waals surface area contributed by atoms with Crippen LogP contribution in [0.1, 0.15) is 41.6 Å². The Bertz CT molecular complexity index is 1100. The molecule has 10 nitrogen and oxygen atoms in total. The van der Waals surface area contributed by atoms with Gasteiger partial charge in [0.1, 0.15) is 0 Å². The standard InChI is InChI=1S/C24H28N4O6/c1-5-32-18-13-16(14-19(33-6-2)22(18)34-7-3)23(29)25-26-24(30)21-20(31-4)15-28(27-21)17-11-9-8-10-12-17/h8-15H,5-7H2,1-4H3,(H,25,29)(H,26,30). The number of aromatic nitrogens is 2. The Labute approximate surface area is 197 Å². The van der Waals surface area contributed by atoms with Gasteiger partial charge in [-0.25, -0.2) is 4.68 Å². The van der Waals surface area contributed by atoms with E-state index in [2.05, 4.69) is 16.0 Å². The largest absolute Gasteiger partial charge is 0.493 e. The number of hydrogen-bond acceptors (Lipinski definition) is 7. The molecule has 1 aromatic heterocycles. The van der Waals surface area contributed by atoms with Gasteiger partial charge in [-0.05, 0) is 45.0 Å². The fourth-order valence-corrected chi connectivity index (χ4v) is 3.14. The van der Waals surface area contributed by atoms with Crippen molar-refractivity contribution in [2.75, 3.05) is 26.9 Å². The molecule has 0 fully saturated rings. The number of benzene rings is 2. The topological polar surface area (TPSA) is 113 Å². The third-order valence-electron chi connectivity index (χ3n) is 4.60. The van der Waals surface area contributed by atoms with Crippen molar-refractivity contribution in [1.29, 1.82) is 0 Å². The summed E-state index contributed by atoms with van der Waals surface area (Å²) in [4.78, 5) is 25.5. The van der Waals surface area contributed by atoms with Crippen molar-refractivity contribution in [2.24, 2.45) is 0 Å². The Morgan fingerprint density at radius 2 is 1.44 bits per heavy atom. The van der Waals surface area contributed by atoms with Gasteiger partial charge in [-0.2, -0.15) is 5.10 Å². The first-order chi connectivity index (χ1) is 16.5. The molecule has 3 rings (SSSR count). The van der Waals surface area contributed by atoms with Crippen LogP contribution in [0.4, 0.5) is 0 Å². The average molecular weight is 469 g/mol. The van der Waals surface area contributed by atoms with Crippen LogP contribution in [0.5, 0.6) is 23.0 Å². The van der Waals surface area contributed by atoms with E-state index >= 15 is 0 Å². The van der Waals surface area contributed by atoms with Gasteiger partial charge < -0.3 is 18.9 Å². The predicted molar refractivity (Wildman–Crippen MR) is 125 cm³/mol. The lowest BCUT2D eigenvalue weighted by molar-refractivity contribution is 0.0841. The highest BCUT2D eigenvalue weighted by Crippen LogP contribution is 2.39. The van der Waals surface area contributed by atoms with Crippen LogP contribution in [-0.4, -0.2) is 48.5 Å². The van der Waals surface area contributed by atoms with Gasteiger partial charge in [0, 0.05) is 5.56 Å². The average Bonchev–Trinajstić information content (AvgIpc) is 3.29. The van der Waals surface area contributed by atoms with Gasteiger partial charge in [0.15, 0.2) is 22.9 Å². The van der Waals surface area contributed by atoms with Gasteiger partial charge in [0.25, 0.3) is 11.8 Å². The lowest BCUT2D eigenvalue weighted by atomic mass is 10.1. The first-order valence-electron chi connectivity index (χ1n) is 10.9.